The van der Waals surface area contributed by atoms with Crippen LogP contribution in [0.1, 0.15) is 39.4 Å². The van der Waals surface area contributed by atoms with Crippen LogP contribution in [0.3, 0.4) is 0 Å². The van der Waals surface area contributed by atoms with E-state index in [-0.39, 0.29) is 5.75 Å². The average Bonchev–Trinajstić information content (AvgIpc) is 2.58. The molecular formula is C14H20N2O. The van der Waals surface area contributed by atoms with Gasteiger partial charge in [-0.05, 0) is 24.0 Å². The number of aromatic nitrogens is 2. The number of nitrogens with one attached hydrogen (secondary N) is 1. The summed E-state index contributed by atoms with van der Waals surface area (Å²) in [5.74, 6) is 2.81. The van der Waals surface area contributed by atoms with Crippen LogP contribution in [0.25, 0.3) is 11.0 Å². The number of phenolic OH excluding ortho intramolecular Hbond substituents is 1. The molecule has 0 unspecified atom stereocenters. The van der Waals surface area contributed by atoms with Crippen LogP contribution in [0.15, 0.2) is 18.2 Å². The Morgan fingerprint density at radius 2 is 1.76 bits per heavy atom. The predicted molar refractivity (Wildman–Crippen MR) is 70.2 cm³/mol. The number of aromatic amines is 1. The molecule has 0 aliphatic carbocycles. The fraction of sp³-hybridized carbons (Fsp3) is 0.500. The number of rotatable bonds is 3. The maximum atomic E-state index is 9.45. The van der Waals surface area contributed by atoms with E-state index in [0.29, 0.717) is 17.8 Å². The lowest BCUT2D eigenvalue weighted by atomic mass is 9.85. The van der Waals surface area contributed by atoms with Crippen molar-refractivity contribution in [1.82, 2.24) is 9.97 Å². The van der Waals surface area contributed by atoms with Crippen molar-refractivity contribution < 1.29 is 5.11 Å². The molecule has 0 saturated carbocycles. The third kappa shape index (κ3) is 2.28. The van der Waals surface area contributed by atoms with Gasteiger partial charge in [0, 0.05) is 12.0 Å². The molecule has 0 aliphatic heterocycles. The average molecular weight is 232 g/mol. The first-order valence-electron chi connectivity index (χ1n) is 6.17. The molecule has 1 heterocycles. The zero-order chi connectivity index (χ0) is 12.6. The van der Waals surface area contributed by atoms with E-state index < -0.39 is 0 Å². The molecule has 0 aliphatic rings. The van der Waals surface area contributed by atoms with E-state index in [1.165, 1.54) is 0 Å². The highest BCUT2D eigenvalue weighted by Gasteiger charge is 2.22. The van der Waals surface area contributed by atoms with Crippen molar-refractivity contribution in [2.45, 2.75) is 33.6 Å². The SMILES string of the molecule is CC(C)C(c1nc2ccc(O)cc2[nH]1)C(C)C. The highest BCUT2D eigenvalue weighted by atomic mass is 16.3. The minimum absolute atomic E-state index is 0.276. The van der Waals surface area contributed by atoms with Gasteiger partial charge in [-0.2, -0.15) is 0 Å². The second-order valence-corrected chi connectivity index (χ2v) is 5.34. The van der Waals surface area contributed by atoms with E-state index in [9.17, 15) is 5.11 Å². The summed E-state index contributed by atoms with van der Waals surface area (Å²) in [6.07, 6.45) is 0. The van der Waals surface area contributed by atoms with Gasteiger partial charge < -0.3 is 10.1 Å². The standard InChI is InChI=1S/C14H20N2O/c1-8(2)13(9(3)4)14-15-11-6-5-10(17)7-12(11)16-14/h5-9,13,17H,1-4H3,(H,15,16). The fourth-order valence-electron chi connectivity index (χ4n) is 2.58. The molecule has 2 aromatic rings. The summed E-state index contributed by atoms with van der Waals surface area (Å²) in [5, 5.41) is 9.45. The van der Waals surface area contributed by atoms with Crippen LogP contribution >= 0.6 is 0 Å². The van der Waals surface area contributed by atoms with E-state index >= 15 is 0 Å². The number of phenols is 1. The summed E-state index contributed by atoms with van der Waals surface area (Å²) in [6.45, 7) is 8.87. The Labute approximate surface area is 102 Å². The van der Waals surface area contributed by atoms with Crippen LogP contribution in [0, 0.1) is 11.8 Å². The van der Waals surface area contributed by atoms with Gasteiger partial charge >= 0.3 is 0 Å². The van der Waals surface area contributed by atoms with Crippen molar-refractivity contribution in [3.05, 3.63) is 24.0 Å². The van der Waals surface area contributed by atoms with Gasteiger partial charge in [-0.25, -0.2) is 4.98 Å². The minimum atomic E-state index is 0.276. The summed E-state index contributed by atoms with van der Waals surface area (Å²) in [6, 6.07) is 5.25. The number of hydrogen-bond acceptors (Lipinski definition) is 2. The van der Waals surface area contributed by atoms with Crippen LogP contribution in [0.4, 0.5) is 0 Å². The summed E-state index contributed by atoms with van der Waals surface area (Å²) in [4.78, 5) is 7.96. The Hall–Kier alpha value is -1.51. The zero-order valence-corrected chi connectivity index (χ0v) is 10.9. The molecule has 0 spiro atoms. The third-order valence-corrected chi connectivity index (χ3v) is 3.24. The maximum absolute atomic E-state index is 9.45. The summed E-state index contributed by atoms with van der Waals surface area (Å²) in [5.41, 5.74) is 1.83. The van der Waals surface area contributed by atoms with Crippen LogP contribution in [-0.2, 0) is 0 Å². The van der Waals surface area contributed by atoms with E-state index in [1.807, 2.05) is 6.07 Å². The van der Waals surface area contributed by atoms with E-state index in [4.69, 9.17) is 0 Å². The highest BCUT2D eigenvalue weighted by Crippen LogP contribution is 2.31. The van der Waals surface area contributed by atoms with Crippen molar-refractivity contribution in [2.75, 3.05) is 0 Å². The molecule has 3 heteroatoms. The summed E-state index contributed by atoms with van der Waals surface area (Å²) < 4.78 is 0. The summed E-state index contributed by atoms with van der Waals surface area (Å²) in [7, 11) is 0. The van der Waals surface area contributed by atoms with Gasteiger partial charge in [-0.15, -0.1) is 0 Å². The molecule has 0 fully saturated rings. The number of hydrogen-bond donors (Lipinski definition) is 2. The Kier molecular flexibility index (Phi) is 3.09. The van der Waals surface area contributed by atoms with Crippen molar-refractivity contribution in [3.8, 4) is 5.75 Å². The summed E-state index contributed by atoms with van der Waals surface area (Å²) >= 11 is 0. The van der Waals surface area contributed by atoms with Crippen LogP contribution in [-0.4, -0.2) is 15.1 Å². The lowest BCUT2D eigenvalue weighted by Gasteiger charge is -2.22. The Bertz CT molecular complexity index is 506. The first-order chi connectivity index (χ1) is 7.99. The number of imidazole rings is 1. The molecular weight excluding hydrogens is 212 g/mol. The first kappa shape index (κ1) is 12.0. The first-order valence-corrected chi connectivity index (χ1v) is 6.17. The molecule has 0 amide bonds. The molecule has 2 rings (SSSR count). The van der Waals surface area contributed by atoms with Gasteiger partial charge in [0.25, 0.3) is 0 Å². The third-order valence-electron chi connectivity index (χ3n) is 3.24. The molecule has 3 nitrogen and oxygen atoms in total. The number of nitrogens with zero attached hydrogens (tertiary/aromatic N) is 1. The predicted octanol–water partition coefficient (Wildman–Crippen LogP) is 3.66. The Morgan fingerprint density at radius 1 is 1.12 bits per heavy atom. The molecule has 17 heavy (non-hydrogen) atoms. The molecule has 1 aromatic carbocycles. The quantitative estimate of drug-likeness (QED) is 0.848. The van der Waals surface area contributed by atoms with Gasteiger partial charge in [-0.1, -0.05) is 27.7 Å². The molecule has 0 bridgehead atoms. The molecule has 0 radical (unpaired) electrons. The number of aromatic hydroxyl groups is 1. The van der Waals surface area contributed by atoms with Gasteiger partial charge in [0.2, 0.25) is 0 Å². The van der Waals surface area contributed by atoms with E-state index in [1.54, 1.807) is 12.1 Å². The molecule has 0 saturated heterocycles. The van der Waals surface area contributed by atoms with E-state index in [2.05, 4.69) is 37.7 Å². The number of benzene rings is 1. The normalized spacial score (nSPS) is 12.2. The van der Waals surface area contributed by atoms with Gasteiger partial charge in [0.15, 0.2) is 0 Å². The van der Waals surface area contributed by atoms with Crippen LogP contribution in [0.2, 0.25) is 0 Å². The highest BCUT2D eigenvalue weighted by molar-refractivity contribution is 5.76. The van der Waals surface area contributed by atoms with Gasteiger partial charge in [0.1, 0.15) is 11.6 Å². The molecule has 2 N–H and O–H groups in total. The van der Waals surface area contributed by atoms with Crippen LogP contribution < -0.4 is 0 Å². The molecule has 1 aromatic heterocycles. The Morgan fingerprint density at radius 3 is 2.35 bits per heavy atom. The zero-order valence-electron chi connectivity index (χ0n) is 10.9. The maximum Gasteiger partial charge on any atom is 0.117 e. The largest absolute Gasteiger partial charge is 0.508 e. The van der Waals surface area contributed by atoms with Gasteiger partial charge in [-0.3, -0.25) is 0 Å². The minimum Gasteiger partial charge on any atom is -0.508 e. The second kappa shape index (κ2) is 4.40. The molecule has 92 valence electrons. The van der Waals surface area contributed by atoms with Crippen molar-refractivity contribution in [3.63, 3.8) is 0 Å². The van der Waals surface area contributed by atoms with Crippen molar-refractivity contribution in [1.29, 1.82) is 0 Å². The van der Waals surface area contributed by atoms with E-state index in [0.717, 1.165) is 16.9 Å². The lowest BCUT2D eigenvalue weighted by molar-refractivity contribution is 0.374. The van der Waals surface area contributed by atoms with Crippen molar-refractivity contribution in [2.24, 2.45) is 11.8 Å². The molecule has 0 atom stereocenters. The number of fused-ring (bicyclic) bond motifs is 1. The van der Waals surface area contributed by atoms with Crippen molar-refractivity contribution >= 4 is 11.0 Å². The smallest absolute Gasteiger partial charge is 0.117 e. The monoisotopic (exact) mass is 232 g/mol. The Balaban J connectivity index is 2.47. The second-order valence-electron chi connectivity index (χ2n) is 5.34. The van der Waals surface area contributed by atoms with Crippen LogP contribution in [0.5, 0.6) is 5.75 Å². The lowest BCUT2D eigenvalue weighted by Crippen LogP contribution is -2.14. The topological polar surface area (TPSA) is 48.9 Å². The fourth-order valence-corrected chi connectivity index (χ4v) is 2.58. The number of H-pyrrole nitrogens is 1. The van der Waals surface area contributed by atoms with Gasteiger partial charge in [0.05, 0.1) is 11.0 Å².